The maximum absolute atomic E-state index is 13.0. The molecule has 4 nitrogen and oxygen atoms in total. The van der Waals surface area contributed by atoms with Crippen LogP contribution in [0.25, 0.3) is 0 Å². The third-order valence-electron chi connectivity index (χ3n) is 2.05. The quantitative estimate of drug-likeness (QED) is 0.852. The zero-order chi connectivity index (χ0) is 11.4. The zero-order valence-corrected chi connectivity index (χ0v) is 9.17. The number of halogens is 1. The molecule has 0 aliphatic heterocycles. The molecule has 2 rings (SSSR count). The van der Waals surface area contributed by atoms with E-state index in [1.807, 2.05) is 5.38 Å². The van der Waals surface area contributed by atoms with E-state index in [0.717, 1.165) is 11.3 Å². The van der Waals surface area contributed by atoms with E-state index in [0.29, 0.717) is 13.1 Å². The van der Waals surface area contributed by atoms with Gasteiger partial charge < -0.3 is 10.4 Å². The van der Waals surface area contributed by atoms with Gasteiger partial charge in [-0.05, 0) is 29.2 Å². The molecule has 0 amide bonds. The van der Waals surface area contributed by atoms with Crippen LogP contribution in [0.2, 0.25) is 0 Å². The van der Waals surface area contributed by atoms with Crippen molar-refractivity contribution in [3.63, 3.8) is 0 Å². The highest BCUT2D eigenvalue weighted by Crippen LogP contribution is 2.15. The monoisotopic (exact) mass is 239 g/mol. The summed E-state index contributed by atoms with van der Waals surface area (Å²) in [5.41, 5.74) is 1.64. The fourth-order valence-electron chi connectivity index (χ4n) is 1.26. The minimum Gasteiger partial charge on any atom is -0.505 e. The molecule has 0 saturated carbocycles. The lowest BCUT2D eigenvalue weighted by atomic mass is 10.2. The summed E-state index contributed by atoms with van der Waals surface area (Å²) in [6.07, 6.45) is 0. The van der Waals surface area contributed by atoms with Gasteiger partial charge in [-0.15, -0.1) is 5.10 Å². The predicted molar refractivity (Wildman–Crippen MR) is 58.5 cm³/mol. The summed E-state index contributed by atoms with van der Waals surface area (Å²) >= 11 is 1.30. The molecule has 6 heteroatoms. The molecule has 0 spiro atoms. The SMILES string of the molecule is Oc1ccc(CNCc2csnn2)cc1F. The van der Waals surface area contributed by atoms with Gasteiger partial charge in [-0.25, -0.2) is 4.39 Å². The van der Waals surface area contributed by atoms with Crippen molar-refractivity contribution in [1.29, 1.82) is 0 Å². The third kappa shape index (κ3) is 2.74. The highest BCUT2D eigenvalue weighted by molar-refractivity contribution is 7.03. The van der Waals surface area contributed by atoms with E-state index in [2.05, 4.69) is 14.9 Å². The Morgan fingerprint density at radius 1 is 1.38 bits per heavy atom. The molecule has 0 unspecified atom stereocenters. The summed E-state index contributed by atoms with van der Waals surface area (Å²) in [4.78, 5) is 0. The van der Waals surface area contributed by atoms with Gasteiger partial charge in [0.05, 0.1) is 5.69 Å². The number of phenolic OH excluding ortho intramolecular Hbond substituents is 1. The largest absolute Gasteiger partial charge is 0.505 e. The van der Waals surface area contributed by atoms with Gasteiger partial charge in [0, 0.05) is 18.5 Å². The molecule has 84 valence electrons. The van der Waals surface area contributed by atoms with Crippen LogP contribution in [0.4, 0.5) is 4.39 Å². The average Bonchev–Trinajstić information content (AvgIpc) is 2.76. The van der Waals surface area contributed by atoms with Gasteiger partial charge in [0.15, 0.2) is 11.6 Å². The molecule has 2 N–H and O–H groups in total. The molecule has 2 aromatic rings. The van der Waals surface area contributed by atoms with Gasteiger partial charge in [0.25, 0.3) is 0 Å². The molecule has 0 atom stereocenters. The smallest absolute Gasteiger partial charge is 0.165 e. The molecule has 0 radical (unpaired) electrons. The number of nitrogens with zero attached hydrogens (tertiary/aromatic N) is 2. The molecule has 0 bridgehead atoms. The van der Waals surface area contributed by atoms with Gasteiger partial charge in [-0.2, -0.15) is 0 Å². The Morgan fingerprint density at radius 3 is 2.94 bits per heavy atom. The minimum atomic E-state index is -0.602. The fourth-order valence-corrected chi connectivity index (χ4v) is 1.71. The lowest BCUT2D eigenvalue weighted by Gasteiger charge is -2.03. The molecular formula is C10H10FN3OS. The summed E-state index contributed by atoms with van der Waals surface area (Å²) in [7, 11) is 0. The van der Waals surface area contributed by atoms with Crippen LogP contribution in [0.15, 0.2) is 23.6 Å². The van der Waals surface area contributed by atoms with E-state index in [9.17, 15) is 4.39 Å². The third-order valence-corrected chi connectivity index (χ3v) is 2.61. The predicted octanol–water partition coefficient (Wildman–Crippen LogP) is 1.67. The van der Waals surface area contributed by atoms with Gasteiger partial charge in [0.1, 0.15) is 0 Å². The number of hydrogen-bond acceptors (Lipinski definition) is 5. The second-order valence-corrected chi connectivity index (χ2v) is 3.90. The standard InChI is InChI=1S/C10H10FN3OS/c11-9-3-7(1-2-10(9)15)4-12-5-8-6-16-14-13-8/h1-3,6,12,15H,4-5H2. The summed E-state index contributed by atoms with van der Waals surface area (Å²) in [6.45, 7) is 1.12. The van der Waals surface area contributed by atoms with Crippen molar-refractivity contribution in [2.24, 2.45) is 0 Å². The second-order valence-electron chi connectivity index (χ2n) is 3.29. The van der Waals surface area contributed by atoms with Crippen molar-refractivity contribution >= 4 is 11.5 Å². The average molecular weight is 239 g/mol. The summed E-state index contributed by atoms with van der Waals surface area (Å²) in [5, 5.41) is 17.8. The number of aromatic hydroxyl groups is 1. The molecule has 0 aliphatic carbocycles. The summed E-state index contributed by atoms with van der Waals surface area (Å²) in [5.74, 6) is -0.929. The Balaban J connectivity index is 1.87. The Bertz CT molecular complexity index is 461. The van der Waals surface area contributed by atoms with Crippen molar-refractivity contribution in [1.82, 2.24) is 14.9 Å². The molecule has 0 aliphatic rings. The van der Waals surface area contributed by atoms with E-state index in [1.54, 1.807) is 6.07 Å². The minimum absolute atomic E-state index is 0.326. The van der Waals surface area contributed by atoms with Gasteiger partial charge >= 0.3 is 0 Å². The number of phenols is 1. The van der Waals surface area contributed by atoms with Crippen LogP contribution in [0, 0.1) is 5.82 Å². The Hall–Kier alpha value is -1.53. The van der Waals surface area contributed by atoms with E-state index in [4.69, 9.17) is 5.11 Å². The first-order valence-electron chi connectivity index (χ1n) is 4.70. The molecule has 1 aromatic heterocycles. The van der Waals surface area contributed by atoms with E-state index < -0.39 is 5.82 Å². The zero-order valence-electron chi connectivity index (χ0n) is 8.35. The fraction of sp³-hybridized carbons (Fsp3) is 0.200. The van der Waals surface area contributed by atoms with Crippen LogP contribution < -0.4 is 5.32 Å². The van der Waals surface area contributed by atoms with Gasteiger partial charge in [-0.3, -0.25) is 0 Å². The van der Waals surface area contributed by atoms with Crippen LogP contribution in [-0.4, -0.2) is 14.7 Å². The van der Waals surface area contributed by atoms with Gasteiger partial charge in [-0.1, -0.05) is 10.6 Å². The molecule has 0 saturated heterocycles. The molecule has 1 aromatic carbocycles. The topological polar surface area (TPSA) is 58.0 Å². The van der Waals surface area contributed by atoms with Crippen molar-refractivity contribution in [3.8, 4) is 5.75 Å². The highest BCUT2D eigenvalue weighted by Gasteiger charge is 2.01. The molecule has 0 fully saturated rings. The Labute approximate surface area is 95.9 Å². The molecule has 1 heterocycles. The van der Waals surface area contributed by atoms with E-state index >= 15 is 0 Å². The summed E-state index contributed by atoms with van der Waals surface area (Å²) < 4.78 is 16.7. The number of hydrogen-bond donors (Lipinski definition) is 2. The molecule has 16 heavy (non-hydrogen) atoms. The van der Waals surface area contributed by atoms with Crippen LogP contribution in [0.1, 0.15) is 11.3 Å². The van der Waals surface area contributed by atoms with E-state index in [-0.39, 0.29) is 5.75 Å². The number of aromatic nitrogens is 2. The first kappa shape index (κ1) is 11.0. The van der Waals surface area contributed by atoms with E-state index in [1.165, 1.54) is 23.7 Å². The number of rotatable bonds is 4. The first-order valence-corrected chi connectivity index (χ1v) is 5.53. The maximum atomic E-state index is 13.0. The number of benzene rings is 1. The van der Waals surface area contributed by atoms with Crippen LogP contribution >= 0.6 is 11.5 Å². The van der Waals surface area contributed by atoms with Crippen molar-refractivity contribution in [3.05, 3.63) is 40.7 Å². The first-order chi connectivity index (χ1) is 7.75. The Morgan fingerprint density at radius 2 is 2.25 bits per heavy atom. The van der Waals surface area contributed by atoms with Crippen molar-refractivity contribution in [2.45, 2.75) is 13.1 Å². The summed E-state index contributed by atoms with van der Waals surface area (Å²) in [6, 6.07) is 4.32. The van der Waals surface area contributed by atoms with Crippen LogP contribution in [0.5, 0.6) is 5.75 Å². The highest BCUT2D eigenvalue weighted by atomic mass is 32.1. The lowest BCUT2D eigenvalue weighted by molar-refractivity contribution is 0.431. The number of nitrogens with one attached hydrogen (secondary N) is 1. The maximum Gasteiger partial charge on any atom is 0.165 e. The lowest BCUT2D eigenvalue weighted by Crippen LogP contribution is -2.13. The Kier molecular flexibility index (Phi) is 3.43. The van der Waals surface area contributed by atoms with Crippen LogP contribution in [0.3, 0.4) is 0 Å². The second kappa shape index (κ2) is 5.00. The van der Waals surface area contributed by atoms with Crippen LogP contribution in [-0.2, 0) is 13.1 Å². The molecular weight excluding hydrogens is 229 g/mol. The normalized spacial score (nSPS) is 10.6. The van der Waals surface area contributed by atoms with Crippen molar-refractivity contribution < 1.29 is 9.50 Å². The van der Waals surface area contributed by atoms with Gasteiger partial charge in [0.2, 0.25) is 0 Å². The van der Waals surface area contributed by atoms with Crippen molar-refractivity contribution in [2.75, 3.05) is 0 Å².